The molecule has 0 fully saturated rings. The van der Waals surface area contributed by atoms with Gasteiger partial charge in [0.25, 0.3) is 0 Å². The summed E-state index contributed by atoms with van der Waals surface area (Å²) in [5.74, 6) is 0. The molecule has 0 aliphatic carbocycles. The van der Waals surface area contributed by atoms with Crippen LogP contribution < -0.4 is 0 Å². The molecule has 44 heavy (non-hydrogen) atoms. The zero-order chi connectivity index (χ0) is 30.8. The average molecular weight is 642 g/mol. The summed E-state index contributed by atoms with van der Waals surface area (Å²) in [4.78, 5) is 8.33. The van der Waals surface area contributed by atoms with Gasteiger partial charge in [-0.2, -0.15) is 0 Å². The molecule has 222 valence electrons. The number of hydrogen-bond acceptors (Lipinski definition) is 3. The van der Waals surface area contributed by atoms with E-state index in [1.165, 1.54) is 0 Å². The molecule has 0 amide bonds. The van der Waals surface area contributed by atoms with Crippen LogP contribution in [-0.2, 0) is 16.8 Å². The lowest BCUT2D eigenvalue weighted by molar-refractivity contribution is 0.0608. The molecule has 4 aromatic carbocycles. The van der Waals surface area contributed by atoms with Crippen molar-refractivity contribution in [2.75, 3.05) is 6.61 Å². The number of benzene rings is 4. The predicted molar refractivity (Wildman–Crippen MR) is 179 cm³/mol. The summed E-state index contributed by atoms with van der Waals surface area (Å²) in [6, 6.07) is 34.2. The zero-order valence-electron chi connectivity index (χ0n) is 23.9. The number of rotatable bonds is 10. The van der Waals surface area contributed by atoms with Crippen molar-refractivity contribution in [1.29, 1.82) is 0 Å². The minimum atomic E-state index is -0.586. The Balaban J connectivity index is 0.000000182. The van der Waals surface area contributed by atoms with Gasteiger partial charge in [0.1, 0.15) is 11.6 Å². The lowest BCUT2D eigenvalue weighted by Gasteiger charge is -2.37. The van der Waals surface area contributed by atoms with Crippen molar-refractivity contribution >= 4 is 34.8 Å². The Labute approximate surface area is 273 Å². The first-order valence-corrected chi connectivity index (χ1v) is 15.1. The highest BCUT2D eigenvalue weighted by Gasteiger charge is 2.39. The van der Waals surface area contributed by atoms with E-state index in [-0.39, 0.29) is 6.10 Å². The first-order valence-electron chi connectivity index (χ1n) is 14.0. The summed E-state index contributed by atoms with van der Waals surface area (Å²) >= 11 is 18.8. The number of aromatic nitrogens is 4. The summed E-state index contributed by atoms with van der Waals surface area (Å²) < 4.78 is 9.84. The van der Waals surface area contributed by atoms with Crippen LogP contribution in [0.2, 0.25) is 15.1 Å². The fourth-order valence-electron chi connectivity index (χ4n) is 5.26. The van der Waals surface area contributed by atoms with Crippen molar-refractivity contribution in [2.45, 2.75) is 18.2 Å². The molecule has 0 saturated heterocycles. The SMILES string of the molecule is C=CCOC(Cn1ccnc1)c1ccc(Cl)cc1Cl.Clc1ccccc1C(c1ccccc1)(c1ccccc1)n1ccnc1. The normalized spacial score (nSPS) is 11.8. The van der Waals surface area contributed by atoms with E-state index in [0.29, 0.717) is 23.2 Å². The second-order valence-electron chi connectivity index (χ2n) is 9.93. The fraction of sp³-hybridized carbons (Fsp3) is 0.111. The molecule has 8 heteroatoms. The van der Waals surface area contributed by atoms with E-state index in [2.05, 4.69) is 75.7 Å². The molecule has 1 atom stereocenters. The largest absolute Gasteiger partial charge is 0.368 e. The van der Waals surface area contributed by atoms with E-state index in [1.807, 2.05) is 59.7 Å². The van der Waals surface area contributed by atoms with Crippen LogP contribution in [0.4, 0.5) is 0 Å². The van der Waals surface area contributed by atoms with E-state index in [4.69, 9.17) is 39.5 Å². The first kappa shape index (κ1) is 31.3. The summed E-state index contributed by atoms with van der Waals surface area (Å²) in [7, 11) is 0. The van der Waals surface area contributed by atoms with Crippen LogP contribution in [0.3, 0.4) is 0 Å². The quantitative estimate of drug-likeness (QED) is 0.111. The van der Waals surface area contributed by atoms with Crippen LogP contribution in [0.5, 0.6) is 0 Å². The molecular weight excluding hydrogens is 611 g/mol. The standard InChI is InChI=1S/C22H17ClN2.C14H14Cl2N2O/c23-21-14-8-7-13-20(21)22(25-16-15-24-17-25,18-9-3-1-4-10-18)19-11-5-2-6-12-19;1-2-7-19-14(9-18-6-5-17-10-18)12-4-3-11(15)8-13(12)16/h1-17H;2-6,8,10,14H,1,7,9H2. The molecule has 2 aromatic heterocycles. The van der Waals surface area contributed by atoms with E-state index < -0.39 is 5.54 Å². The highest BCUT2D eigenvalue weighted by molar-refractivity contribution is 6.35. The van der Waals surface area contributed by atoms with Crippen LogP contribution in [0.1, 0.15) is 28.4 Å². The van der Waals surface area contributed by atoms with E-state index in [0.717, 1.165) is 27.3 Å². The number of ether oxygens (including phenoxy) is 1. The Bertz CT molecular complexity index is 1700. The van der Waals surface area contributed by atoms with Gasteiger partial charge in [-0.15, -0.1) is 6.58 Å². The number of imidazole rings is 2. The topological polar surface area (TPSA) is 44.9 Å². The van der Waals surface area contributed by atoms with Crippen LogP contribution in [0.25, 0.3) is 0 Å². The van der Waals surface area contributed by atoms with Gasteiger partial charge >= 0.3 is 0 Å². The molecule has 0 N–H and O–H groups in total. The molecule has 0 aliphatic heterocycles. The van der Waals surface area contributed by atoms with Gasteiger partial charge in [-0.1, -0.05) is 126 Å². The number of nitrogens with zero attached hydrogens (tertiary/aromatic N) is 4. The molecule has 2 heterocycles. The average Bonchev–Trinajstić information content (AvgIpc) is 3.78. The van der Waals surface area contributed by atoms with Gasteiger partial charge in [-0.05, 0) is 29.3 Å². The van der Waals surface area contributed by atoms with Gasteiger partial charge in [0, 0.05) is 51.0 Å². The Morgan fingerprint density at radius 3 is 1.95 bits per heavy atom. The molecule has 6 rings (SSSR count). The van der Waals surface area contributed by atoms with Crippen molar-refractivity contribution in [1.82, 2.24) is 19.1 Å². The second-order valence-corrected chi connectivity index (χ2v) is 11.2. The summed E-state index contributed by atoms with van der Waals surface area (Å²) in [5, 5.41) is 1.93. The molecule has 6 aromatic rings. The highest BCUT2D eigenvalue weighted by atomic mass is 35.5. The molecule has 0 spiro atoms. The van der Waals surface area contributed by atoms with Crippen molar-refractivity contribution in [2.24, 2.45) is 0 Å². The molecule has 5 nitrogen and oxygen atoms in total. The minimum absolute atomic E-state index is 0.169. The van der Waals surface area contributed by atoms with Crippen LogP contribution >= 0.6 is 34.8 Å². The highest BCUT2D eigenvalue weighted by Crippen LogP contribution is 2.43. The van der Waals surface area contributed by atoms with E-state index in [9.17, 15) is 0 Å². The fourth-order valence-corrected chi connectivity index (χ4v) is 6.06. The number of halogens is 3. The second kappa shape index (κ2) is 15.0. The Morgan fingerprint density at radius 2 is 1.39 bits per heavy atom. The summed E-state index contributed by atoms with van der Waals surface area (Å²) in [5.41, 5.74) is 3.60. The van der Waals surface area contributed by atoms with Crippen molar-refractivity contribution < 1.29 is 4.74 Å². The molecule has 0 aliphatic rings. The van der Waals surface area contributed by atoms with Gasteiger partial charge in [-0.25, -0.2) is 9.97 Å². The minimum Gasteiger partial charge on any atom is -0.368 e. The van der Waals surface area contributed by atoms with Gasteiger partial charge in [0.2, 0.25) is 0 Å². The van der Waals surface area contributed by atoms with Crippen LogP contribution in [-0.4, -0.2) is 25.7 Å². The third-order valence-electron chi connectivity index (χ3n) is 7.20. The molecule has 0 saturated carbocycles. The number of hydrogen-bond donors (Lipinski definition) is 0. The summed E-state index contributed by atoms with van der Waals surface area (Å²) in [6.07, 6.45) is 12.5. The van der Waals surface area contributed by atoms with Gasteiger partial charge in [-0.3, -0.25) is 0 Å². The third kappa shape index (κ3) is 6.98. The van der Waals surface area contributed by atoms with Gasteiger partial charge < -0.3 is 13.9 Å². The van der Waals surface area contributed by atoms with E-state index >= 15 is 0 Å². The zero-order valence-corrected chi connectivity index (χ0v) is 26.2. The van der Waals surface area contributed by atoms with Crippen LogP contribution in [0, 0.1) is 0 Å². The van der Waals surface area contributed by atoms with E-state index in [1.54, 1.807) is 36.9 Å². The van der Waals surface area contributed by atoms with Gasteiger partial charge in [0.05, 0.1) is 25.8 Å². The van der Waals surface area contributed by atoms with Crippen molar-refractivity contribution in [3.8, 4) is 0 Å². The maximum atomic E-state index is 6.69. The molecule has 0 radical (unpaired) electrons. The van der Waals surface area contributed by atoms with Gasteiger partial charge in [0.15, 0.2) is 0 Å². The molecule has 1 unspecified atom stereocenters. The summed E-state index contributed by atoms with van der Waals surface area (Å²) in [6.45, 7) is 4.75. The Morgan fingerprint density at radius 1 is 0.750 bits per heavy atom. The van der Waals surface area contributed by atoms with Crippen LogP contribution in [0.15, 0.2) is 153 Å². The molecular formula is C36H31Cl3N4O. The smallest absolute Gasteiger partial charge is 0.123 e. The lowest BCUT2D eigenvalue weighted by atomic mass is 9.76. The van der Waals surface area contributed by atoms with Crippen molar-refractivity contribution in [3.05, 3.63) is 191 Å². The lowest BCUT2D eigenvalue weighted by Crippen LogP contribution is -2.37. The maximum Gasteiger partial charge on any atom is 0.123 e. The predicted octanol–water partition coefficient (Wildman–Crippen LogP) is 9.51. The maximum absolute atomic E-state index is 6.69. The van der Waals surface area contributed by atoms with Crippen molar-refractivity contribution in [3.63, 3.8) is 0 Å². The first-order chi connectivity index (χ1) is 21.5. The monoisotopic (exact) mass is 640 g/mol. The Kier molecular flexibility index (Phi) is 10.7. The Hall–Kier alpha value is -4.13. The molecule has 0 bridgehead atoms. The third-order valence-corrected chi connectivity index (χ3v) is 8.09.